The Kier molecular flexibility index (Phi) is 6.74. The first-order valence-electron chi connectivity index (χ1n) is 11.3. The Morgan fingerprint density at radius 2 is 2.09 bits per heavy atom. The molecule has 3 aromatic heterocycles. The summed E-state index contributed by atoms with van der Waals surface area (Å²) in [6.07, 6.45) is 8.00. The van der Waals surface area contributed by atoms with Gasteiger partial charge in [0.1, 0.15) is 30.1 Å². The Bertz CT molecular complexity index is 1100. The van der Waals surface area contributed by atoms with Crippen LogP contribution in [0.25, 0.3) is 22.4 Å². The molecule has 0 radical (unpaired) electrons. The van der Waals surface area contributed by atoms with Crippen molar-refractivity contribution in [1.29, 1.82) is 5.26 Å². The number of rotatable bonds is 9. The zero-order chi connectivity index (χ0) is 22.7. The quantitative estimate of drug-likeness (QED) is 0.385. The maximum Gasteiger partial charge on any atom is 0.145 e. The van der Waals surface area contributed by atoms with Crippen molar-refractivity contribution in [3.8, 4) is 17.5 Å². The maximum atomic E-state index is 9.94. The second-order valence-electron chi connectivity index (χ2n) is 9.93. The minimum atomic E-state index is -1.12. The van der Waals surface area contributed by atoms with E-state index in [4.69, 9.17) is 9.84 Å². The van der Waals surface area contributed by atoms with Crippen molar-refractivity contribution >= 4 is 19.1 Å². The van der Waals surface area contributed by atoms with Gasteiger partial charge in [-0.3, -0.25) is 4.68 Å². The number of hydrogen-bond donors (Lipinski definition) is 1. The molecular weight excluding hydrogens is 420 g/mol. The Hall–Kier alpha value is -2.54. The molecule has 1 N–H and O–H groups in total. The molecule has 32 heavy (non-hydrogen) atoms. The lowest BCUT2D eigenvalue weighted by molar-refractivity contribution is 0.0899. The second-order valence-corrected chi connectivity index (χ2v) is 15.6. The topological polar surface area (TPSA) is 102 Å². The average molecular weight is 453 g/mol. The van der Waals surface area contributed by atoms with Crippen molar-refractivity contribution in [3.63, 3.8) is 0 Å². The lowest BCUT2D eigenvalue weighted by Gasteiger charge is -2.21. The number of nitrogens with zero attached hydrogens (tertiary/aromatic N) is 6. The van der Waals surface area contributed by atoms with Crippen molar-refractivity contribution in [2.75, 3.05) is 6.61 Å². The number of aliphatic hydroxyl groups is 1. The van der Waals surface area contributed by atoms with E-state index in [9.17, 15) is 10.4 Å². The van der Waals surface area contributed by atoms with Gasteiger partial charge >= 0.3 is 0 Å². The van der Waals surface area contributed by atoms with Crippen LogP contribution in [0.5, 0.6) is 0 Å². The standard InChI is InChI=1S/C23H32N6O2Si/c1-32(2,3)13-12-31-16-28-10-7-19-22(25-15-26-23(19)28)20-8-11-29(27-20)21(6-9-24)17-4-5-18(30)14-17/h7-8,10-11,15,17-18,21,30H,4-6,12-14,16H2,1-3H3. The minimum absolute atomic E-state index is 0.0346. The summed E-state index contributed by atoms with van der Waals surface area (Å²) >= 11 is 0. The minimum Gasteiger partial charge on any atom is -0.393 e. The number of aromatic nitrogens is 5. The summed E-state index contributed by atoms with van der Waals surface area (Å²) in [5.74, 6) is 0.261. The van der Waals surface area contributed by atoms with Crippen LogP contribution in [0.3, 0.4) is 0 Å². The van der Waals surface area contributed by atoms with Crippen LogP contribution in [0.2, 0.25) is 25.7 Å². The summed E-state index contributed by atoms with van der Waals surface area (Å²) in [5.41, 5.74) is 2.36. The van der Waals surface area contributed by atoms with Gasteiger partial charge in [-0.2, -0.15) is 10.4 Å². The van der Waals surface area contributed by atoms with Gasteiger partial charge in [0.15, 0.2) is 0 Å². The second kappa shape index (κ2) is 9.53. The fourth-order valence-electron chi connectivity index (χ4n) is 4.41. The molecule has 170 valence electrons. The number of aliphatic hydroxyl groups excluding tert-OH is 1. The molecule has 8 nitrogen and oxygen atoms in total. The first-order valence-corrected chi connectivity index (χ1v) is 15.0. The van der Waals surface area contributed by atoms with Gasteiger partial charge in [0.2, 0.25) is 0 Å². The molecule has 3 unspecified atom stereocenters. The molecule has 1 aliphatic rings. The SMILES string of the molecule is C[Si](C)(C)CCOCn1ccc2c(-c3ccn(C(CC#N)C4CCC(O)C4)n3)ncnc21. The predicted octanol–water partition coefficient (Wildman–Crippen LogP) is 4.22. The van der Waals surface area contributed by atoms with Crippen molar-refractivity contribution in [1.82, 2.24) is 24.3 Å². The third kappa shape index (κ3) is 5.09. The Morgan fingerprint density at radius 1 is 1.25 bits per heavy atom. The number of ether oxygens (including phenoxy) is 1. The molecule has 0 aromatic carbocycles. The Morgan fingerprint density at radius 3 is 2.81 bits per heavy atom. The molecule has 0 aliphatic heterocycles. The molecular formula is C23H32N6O2Si. The van der Waals surface area contributed by atoms with Gasteiger partial charge in [0, 0.05) is 32.5 Å². The first-order chi connectivity index (χ1) is 15.4. The Balaban J connectivity index is 1.53. The van der Waals surface area contributed by atoms with Crippen LogP contribution in [-0.2, 0) is 11.5 Å². The lowest BCUT2D eigenvalue weighted by Crippen LogP contribution is -2.22. The van der Waals surface area contributed by atoms with Crippen LogP contribution in [0.1, 0.15) is 31.7 Å². The molecule has 3 atom stereocenters. The van der Waals surface area contributed by atoms with E-state index in [-0.39, 0.29) is 18.1 Å². The van der Waals surface area contributed by atoms with E-state index in [2.05, 4.69) is 35.7 Å². The smallest absolute Gasteiger partial charge is 0.145 e. The molecule has 0 bridgehead atoms. The number of nitriles is 1. The van der Waals surface area contributed by atoms with Crippen molar-refractivity contribution in [3.05, 3.63) is 30.9 Å². The normalized spacial score (nSPS) is 20.0. The van der Waals surface area contributed by atoms with Gasteiger partial charge in [-0.25, -0.2) is 9.97 Å². The van der Waals surface area contributed by atoms with Gasteiger partial charge in [-0.1, -0.05) is 19.6 Å². The van der Waals surface area contributed by atoms with Crippen molar-refractivity contribution in [2.24, 2.45) is 5.92 Å². The zero-order valence-electron chi connectivity index (χ0n) is 19.1. The molecule has 1 fully saturated rings. The highest BCUT2D eigenvalue weighted by atomic mass is 28.3. The number of hydrogen-bond acceptors (Lipinski definition) is 6. The monoisotopic (exact) mass is 452 g/mol. The lowest BCUT2D eigenvalue weighted by atomic mass is 9.96. The van der Waals surface area contributed by atoms with E-state index < -0.39 is 8.07 Å². The largest absolute Gasteiger partial charge is 0.393 e. The van der Waals surface area contributed by atoms with Crippen LogP contribution in [0.15, 0.2) is 30.9 Å². The number of fused-ring (bicyclic) bond motifs is 1. The van der Waals surface area contributed by atoms with Gasteiger partial charge in [-0.05, 0) is 43.4 Å². The summed E-state index contributed by atoms with van der Waals surface area (Å²) in [6, 6.07) is 7.34. The third-order valence-corrected chi connectivity index (χ3v) is 7.97. The summed E-state index contributed by atoms with van der Waals surface area (Å²) in [7, 11) is -1.12. The summed E-state index contributed by atoms with van der Waals surface area (Å²) < 4.78 is 9.78. The van der Waals surface area contributed by atoms with Gasteiger partial charge < -0.3 is 14.4 Å². The van der Waals surface area contributed by atoms with Gasteiger partial charge in [0.25, 0.3) is 0 Å². The molecule has 3 aromatic rings. The van der Waals surface area contributed by atoms with E-state index >= 15 is 0 Å². The molecule has 4 rings (SSSR count). The zero-order valence-corrected chi connectivity index (χ0v) is 20.1. The molecule has 1 saturated carbocycles. The Labute approximate surface area is 189 Å². The summed E-state index contributed by atoms with van der Waals surface area (Å²) in [4.78, 5) is 8.98. The van der Waals surface area contributed by atoms with Crippen LogP contribution in [-0.4, -0.2) is 50.2 Å². The average Bonchev–Trinajstić information content (AvgIpc) is 3.48. The molecule has 0 saturated heterocycles. The third-order valence-electron chi connectivity index (χ3n) is 6.26. The summed E-state index contributed by atoms with van der Waals surface area (Å²) in [6.45, 7) is 8.25. The van der Waals surface area contributed by atoms with Gasteiger partial charge in [0.05, 0.1) is 24.6 Å². The fourth-order valence-corrected chi connectivity index (χ4v) is 5.17. The van der Waals surface area contributed by atoms with Crippen LogP contribution < -0.4 is 0 Å². The van der Waals surface area contributed by atoms with E-state index in [1.165, 1.54) is 0 Å². The molecule has 1 aliphatic carbocycles. The van der Waals surface area contributed by atoms with Gasteiger partial charge in [-0.15, -0.1) is 0 Å². The van der Waals surface area contributed by atoms with Crippen molar-refractivity contribution < 1.29 is 9.84 Å². The fraction of sp³-hybridized carbons (Fsp3) is 0.565. The van der Waals surface area contributed by atoms with Crippen LogP contribution in [0.4, 0.5) is 0 Å². The molecule has 3 heterocycles. The van der Waals surface area contributed by atoms with E-state index in [1.807, 2.05) is 33.8 Å². The molecule has 0 amide bonds. The predicted molar refractivity (Wildman–Crippen MR) is 125 cm³/mol. The molecule has 0 spiro atoms. The first kappa shape index (κ1) is 22.6. The summed E-state index contributed by atoms with van der Waals surface area (Å²) in [5, 5.41) is 25.0. The van der Waals surface area contributed by atoms with E-state index in [0.29, 0.717) is 13.2 Å². The van der Waals surface area contributed by atoms with E-state index in [0.717, 1.165) is 54.3 Å². The van der Waals surface area contributed by atoms with Crippen LogP contribution >= 0.6 is 0 Å². The van der Waals surface area contributed by atoms with Crippen LogP contribution in [0, 0.1) is 17.2 Å². The highest BCUT2D eigenvalue weighted by Gasteiger charge is 2.31. The molecule has 9 heteroatoms. The van der Waals surface area contributed by atoms with E-state index in [1.54, 1.807) is 6.33 Å². The maximum absolute atomic E-state index is 9.94. The van der Waals surface area contributed by atoms with Crippen molar-refractivity contribution in [2.45, 2.75) is 70.2 Å². The highest BCUT2D eigenvalue weighted by molar-refractivity contribution is 6.76. The highest BCUT2D eigenvalue weighted by Crippen LogP contribution is 2.36.